The molecule has 0 radical (unpaired) electrons. The van der Waals surface area contributed by atoms with Crippen molar-refractivity contribution >= 4 is 16.9 Å². The predicted molar refractivity (Wildman–Crippen MR) is 69.2 cm³/mol. The smallest absolute Gasteiger partial charge is 0.310 e. The Bertz CT molecular complexity index is 559. The number of furan rings is 1. The molecular formula is C14H17NO3. The summed E-state index contributed by atoms with van der Waals surface area (Å²) in [7, 11) is 1.38. The fourth-order valence-electron chi connectivity index (χ4n) is 2.15. The van der Waals surface area contributed by atoms with Gasteiger partial charge in [0, 0.05) is 17.5 Å². The van der Waals surface area contributed by atoms with Gasteiger partial charge in [0.1, 0.15) is 11.3 Å². The number of fused-ring (bicyclic) bond motifs is 1. The van der Waals surface area contributed by atoms with Crippen molar-refractivity contribution in [2.75, 3.05) is 13.7 Å². The molecule has 0 amide bonds. The lowest BCUT2D eigenvalue weighted by Gasteiger charge is -2.11. The topological polar surface area (TPSA) is 65.5 Å². The Kier molecular flexibility index (Phi) is 3.67. The molecule has 96 valence electrons. The number of hydrogen-bond donors (Lipinski definition) is 1. The molecule has 1 unspecified atom stereocenters. The van der Waals surface area contributed by atoms with E-state index in [0.29, 0.717) is 6.42 Å². The molecule has 0 aliphatic carbocycles. The summed E-state index contributed by atoms with van der Waals surface area (Å²) in [6.07, 6.45) is 0.548. The molecule has 0 saturated carbocycles. The number of carbonyl (C=O) groups is 1. The van der Waals surface area contributed by atoms with Gasteiger partial charge in [0.25, 0.3) is 0 Å². The number of aryl methyl sites for hydroxylation is 1. The summed E-state index contributed by atoms with van der Waals surface area (Å²) in [6.45, 7) is 2.17. The zero-order chi connectivity index (χ0) is 13.1. The summed E-state index contributed by atoms with van der Waals surface area (Å²) in [4.78, 5) is 11.6. The summed E-state index contributed by atoms with van der Waals surface area (Å²) in [5, 5.41) is 1.04. The average molecular weight is 247 g/mol. The summed E-state index contributed by atoms with van der Waals surface area (Å²) in [6, 6.07) is 7.79. The quantitative estimate of drug-likeness (QED) is 0.839. The summed E-state index contributed by atoms with van der Waals surface area (Å²) < 4.78 is 10.4. The largest absolute Gasteiger partial charge is 0.469 e. The van der Waals surface area contributed by atoms with E-state index in [2.05, 4.69) is 0 Å². The van der Waals surface area contributed by atoms with E-state index in [-0.39, 0.29) is 18.4 Å². The van der Waals surface area contributed by atoms with E-state index in [0.717, 1.165) is 22.3 Å². The Labute approximate surface area is 106 Å². The van der Waals surface area contributed by atoms with Gasteiger partial charge in [0.15, 0.2) is 0 Å². The van der Waals surface area contributed by atoms with Crippen LogP contribution in [0.5, 0.6) is 0 Å². The van der Waals surface area contributed by atoms with E-state index in [4.69, 9.17) is 14.9 Å². The molecule has 0 aliphatic heterocycles. The van der Waals surface area contributed by atoms with Crippen molar-refractivity contribution in [1.82, 2.24) is 0 Å². The number of carbonyl (C=O) groups excluding carboxylic acids is 1. The third-order valence-corrected chi connectivity index (χ3v) is 3.17. The van der Waals surface area contributed by atoms with E-state index >= 15 is 0 Å². The second-order valence-electron chi connectivity index (χ2n) is 4.29. The Morgan fingerprint density at radius 2 is 2.17 bits per heavy atom. The van der Waals surface area contributed by atoms with Crippen LogP contribution in [0.4, 0.5) is 0 Å². The van der Waals surface area contributed by atoms with Crippen molar-refractivity contribution in [1.29, 1.82) is 0 Å². The van der Waals surface area contributed by atoms with E-state index in [1.54, 1.807) is 0 Å². The first-order valence-electron chi connectivity index (χ1n) is 5.92. The third-order valence-electron chi connectivity index (χ3n) is 3.17. The fraction of sp³-hybridized carbons (Fsp3) is 0.357. The van der Waals surface area contributed by atoms with Crippen LogP contribution >= 0.6 is 0 Å². The minimum absolute atomic E-state index is 0.269. The SMILES string of the molecule is COC(=O)C(CN)Cc1c(C)oc2ccccc12. The predicted octanol–water partition coefficient (Wildman–Crippen LogP) is 2.03. The maximum absolute atomic E-state index is 11.6. The highest BCUT2D eigenvalue weighted by molar-refractivity contribution is 5.83. The molecule has 0 bridgehead atoms. The summed E-state index contributed by atoms with van der Waals surface area (Å²) in [5.41, 5.74) is 7.50. The van der Waals surface area contributed by atoms with Crippen LogP contribution in [0.3, 0.4) is 0 Å². The number of rotatable bonds is 4. The Morgan fingerprint density at radius 3 is 2.83 bits per heavy atom. The Balaban J connectivity index is 2.36. The molecule has 2 rings (SSSR count). The molecule has 1 aromatic heterocycles. The normalized spacial score (nSPS) is 12.6. The van der Waals surface area contributed by atoms with Gasteiger partial charge in [-0.05, 0) is 19.4 Å². The van der Waals surface area contributed by atoms with E-state index in [1.807, 2.05) is 31.2 Å². The van der Waals surface area contributed by atoms with Crippen LogP contribution in [0.1, 0.15) is 11.3 Å². The maximum atomic E-state index is 11.6. The highest BCUT2D eigenvalue weighted by Gasteiger charge is 2.21. The van der Waals surface area contributed by atoms with Crippen molar-refractivity contribution in [2.45, 2.75) is 13.3 Å². The molecule has 1 atom stereocenters. The molecule has 4 heteroatoms. The van der Waals surface area contributed by atoms with Gasteiger partial charge in [-0.1, -0.05) is 18.2 Å². The van der Waals surface area contributed by atoms with Gasteiger partial charge in [0.2, 0.25) is 0 Å². The number of methoxy groups -OCH3 is 1. The molecule has 0 aliphatic rings. The average Bonchev–Trinajstić information content (AvgIpc) is 2.71. The fourth-order valence-corrected chi connectivity index (χ4v) is 2.15. The highest BCUT2D eigenvalue weighted by Crippen LogP contribution is 2.27. The van der Waals surface area contributed by atoms with E-state index < -0.39 is 0 Å². The number of para-hydroxylation sites is 1. The molecule has 0 saturated heterocycles. The molecule has 0 spiro atoms. The van der Waals surface area contributed by atoms with Crippen LogP contribution in [0, 0.1) is 12.8 Å². The van der Waals surface area contributed by atoms with Crippen molar-refractivity contribution in [2.24, 2.45) is 11.7 Å². The standard InChI is InChI=1S/C14H17NO3/c1-9-12(7-10(8-15)14(16)17-2)11-5-3-4-6-13(11)18-9/h3-6,10H,7-8,15H2,1-2H3. The first-order valence-corrected chi connectivity index (χ1v) is 5.92. The van der Waals surface area contributed by atoms with Gasteiger partial charge in [-0.15, -0.1) is 0 Å². The van der Waals surface area contributed by atoms with Crippen LogP contribution in [-0.2, 0) is 16.0 Å². The van der Waals surface area contributed by atoms with Crippen molar-refractivity contribution in [3.63, 3.8) is 0 Å². The van der Waals surface area contributed by atoms with Gasteiger partial charge in [-0.2, -0.15) is 0 Å². The molecule has 2 aromatic rings. The van der Waals surface area contributed by atoms with Gasteiger partial charge < -0.3 is 14.9 Å². The molecule has 0 fully saturated rings. The van der Waals surface area contributed by atoms with Crippen molar-refractivity contribution in [3.05, 3.63) is 35.6 Å². The zero-order valence-corrected chi connectivity index (χ0v) is 10.6. The third kappa shape index (κ3) is 2.24. The Hall–Kier alpha value is -1.81. The number of esters is 1. The Morgan fingerprint density at radius 1 is 1.44 bits per heavy atom. The summed E-state index contributed by atoms with van der Waals surface area (Å²) >= 11 is 0. The second-order valence-corrected chi connectivity index (χ2v) is 4.29. The molecular weight excluding hydrogens is 230 g/mol. The lowest BCUT2D eigenvalue weighted by atomic mass is 9.97. The van der Waals surface area contributed by atoms with Gasteiger partial charge in [-0.3, -0.25) is 4.79 Å². The molecule has 2 N–H and O–H groups in total. The molecule has 4 nitrogen and oxygen atoms in total. The van der Waals surface area contributed by atoms with Crippen LogP contribution in [0.25, 0.3) is 11.0 Å². The van der Waals surface area contributed by atoms with Crippen molar-refractivity contribution < 1.29 is 13.9 Å². The minimum atomic E-state index is -0.324. The van der Waals surface area contributed by atoms with Gasteiger partial charge in [-0.25, -0.2) is 0 Å². The lowest BCUT2D eigenvalue weighted by molar-refractivity contribution is -0.145. The number of hydrogen-bond acceptors (Lipinski definition) is 4. The molecule has 1 heterocycles. The molecule has 1 aromatic carbocycles. The zero-order valence-electron chi connectivity index (χ0n) is 10.6. The van der Waals surface area contributed by atoms with Gasteiger partial charge in [0.05, 0.1) is 13.0 Å². The highest BCUT2D eigenvalue weighted by atomic mass is 16.5. The van der Waals surface area contributed by atoms with Crippen molar-refractivity contribution in [3.8, 4) is 0 Å². The van der Waals surface area contributed by atoms with Gasteiger partial charge >= 0.3 is 5.97 Å². The van der Waals surface area contributed by atoms with E-state index in [9.17, 15) is 4.79 Å². The van der Waals surface area contributed by atoms with Crippen LogP contribution in [0.15, 0.2) is 28.7 Å². The monoisotopic (exact) mass is 247 g/mol. The maximum Gasteiger partial charge on any atom is 0.310 e. The number of nitrogens with two attached hydrogens (primary N) is 1. The minimum Gasteiger partial charge on any atom is -0.469 e. The number of ether oxygens (including phenoxy) is 1. The van der Waals surface area contributed by atoms with Crippen LogP contribution in [-0.4, -0.2) is 19.6 Å². The number of benzene rings is 1. The first kappa shape index (κ1) is 12.6. The lowest BCUT2D eigenvalue weighted by Crippen LogP contribution is -2.26. The molecule has 18 heavy (non-hydrogen) atoms. The first-order chi connectivity index (χ1) is 8.67. The second kappa shape index (κ2) is 5.23. The van der Waals surface area contributed by atoms with Crippen LogP contribution in [0.2, 0.25) is 0 Å². The van der Waals surface area contributed by atoms with E-state index in [1.165, 1.54) is 7.11 Å². The summed E-state index contributed by atoms with van der Waals surface area (Å²) in [5.74, 6) is 0.232. The van der Waals surface area contributed by atoms with Crippen LogP contribution < -0.4 is 5.73 Å².